The molecule has 0 atom stereocenters. The Morgan fingerprint density at radius 2 is 1.56 bits per heavy atom. The van der Waals surface area contributed by atoms with Crippen molar-refractivity contribution in [3.8, 4) is 34.1 Å². The molecule has 0 unspecified atom stereocenters. The summed E-state index contributed by atoms with van der Waals surface area (Å²) in [6.45, 7) is 5.35. The average molecular weight is 458 g/mol. The first-order chi connectivity index (χ1) is 16.3. The maximum atomic E-state index is 11.2. The number of benzene rings is 3. The van der Waals surface area contributed by atoms with Gasteiger partial charge in [0, 0.05) is 12.0 Å². The molecule has 3 aromatic carbocycles. The first-order valence-electron chi connectivity index (χ1n) is 11.1. The Balaban J connectivity index is 1.37. The van der Waals surface area contributed by atoms with Gasteiger partial charge >= 0.3 is 5.97 Å². The van der Waals surface area contributed by atoms with E-state index in [-0.39, 0.29) is 0 Å². The predicted molar refractivity (Wildman–Crippen MR) is 130 cm³/mol. The lowest BCUT2D eigenvalue weighted by molar-refractivity contribution is -0.152. The Bertz CT molecular complexity index is 1260. The van der Waals surface area contributed by atoms with Gasteiger partial charge in [0.2, 0.25) is 5.89 Å². The number of hydrogen-bond donors (Lipinski definition) is 1. The van der Waals surface area contributed by atoms with E-state index in [1.807, 2.05) is 37.3 Å². The Labute approximate surface area is 198 Å². The van der Waals surface area contributed by atoms with Crippen molar-refractivity contribution >= 4 is 5.97 Å². The molecule has 0 aliphatic rings. The summed E-state index contributed by atoms with van der Waals surface area (Å²) in [5.41, 5.74) is 2.73. The SMILES string of the molecule is Cc1oc(-c2cccc(-c3ccccc3)c2)nc1CCOc1ccc(OC(C)(C)C(=O)O)cc1. The highest BCUT2D eigenvalue weighted by atomic mass is 16.5. The lowest BCUT2D eigenvalue weighted by atomic mass is 10.0. The van der Waals surface area contributed by atoms with Gasteiger partial charge in [-0.05, 0) is 68.3 Å². The minimum absolute atomic E-state index is 0.428. The van der Waals surface area contributed by atoms with Crippen molar-refractivity contribution < 1.29 is 23.8 Å². The predicted octanol–water partition coefficient (Wildman–Crippen LogP) is 6.18. The monoisotopic (exact) mass is 457 g/mol. The zero-order valence-electron chi connectivity index (χ0n) is 19.4. The van der Waals surface area contributed by atoms with Crippen molar-refractivity contribution in [3.63, 3.8) is 0 Å². The van der Waals surface area contributed by atoms with Gasteiger partial charge in [0.05, 0.1) is 12.3 Å². The highest BCUT2D eigenvalue weighted by Crippen LogP contribution is 2.28. The summed E-state index contributed by atoms with van der Waals surface area (Å²) < 4.78 is 17.3. The lowest BCUT2D eigenvalue weighted by Gasteiger charge is -2.21. The lowest BCUT2D eigenvalue weighted by Crippen LogP contribution is -2.37. The van der Waals surface area contributed by atoms with Gasteiger partial charge < -0.3 is 19.0 Å². The summed E-state index contributed by atoms with van der Waals surface area (Å²) in [6, 6.07) is 25.2. The molecule has 6 nitrogen and oxygen atoms in total. The molecule has 0 bridgehead atoms. The molecule has 0 aliphatic heterocycles. The Morgan fingerprint density at radius 3 is 2.26 bits per heavy atom. The molecule has 0 spiro atoms. The van der Waals surface area contributed by atoms with Crippen LogP contribution in [0.1, 0.15) is 25.3 Å². The van der Waals surface area contributed by atoms with Gasteiger partial charge in [-0.3, -0.25) is 0 Å². The number of aryl methyl sites for hydroxylation is 1. The van der Waals surface area contributed by atoms with E-state index in [1.54, 1.807) is 24.3 Å². The van der Waals surface area contributed by atoms with Crippen molar-refractivity contribution in [2.75, 3.05) is 6.61 Å². The van der Waals surface area contributed by atoms with Crippen LogP contribution in [0, 0.1) is 6.92 Å². The summed E-state index contributed by atoms with van der Waals surface area (Å²) in [7, 11) is 0. The fourth-order valence-electron chi connectivity index (χ4n) is 3.45. The number of carboxylic acid groups (broad SMARTS) is 1. The van der Waals surface area contributed by atoms with Crippen LogP contribution in [0.25, 0.3) is 22.6 Å². The summed E-state index contributed by atoms with van der Waals surface area (Å²) in [5, 5.41) is 9.18. The highest BCUT2D eigenvalue weighted by molar-refractivity contribution is 5.76. The maximum Gasteiger partial charge on any atom is 0.347 e. The molecule has 1 aromatic heterocycles. The number of aromatic nitrogens is 1. The standard InChI is InChI=1S/C28H27NO5/c1-19-25(16-17-32-23-12-14-24(15-13-23)34-28(2,3)27(30)31)29-26(33-19)22-11-7-10-21(18-22)20-8-5-4-6-9-20/h4-15,18H,16-17H2,1-3H3,(H,30,31). The van der Waals surface area contributed by atoms with Gasteiger partial charge in [0.15, 0.2) is 5.60 Å². The number of carboxylic acids is 1. The second-order valence-electron chi connectivity index (χ2n) is 8.46. The number of carbonyl (C=O) groups is 1. The normalized spacial score (nSPS) is 11.3. The fraction of sp³-hybridized carbons (Fsp3) is 0.214. The molecule has 0 saturated heterocycles. The second kappa shape index (κ2) is 9.83. The van der Waals surface area contributed by atoms with E-state index in [0.717, 1.165) is 28.1 Å². The van der Waals surface area contributed by atoms with Gasteiger partial charge in [0.1, 0.15) is 17.3 Å². The second-order valence-corrected chi connectivity index (χ2v) is 8.46. The number of aliphatic carboxylic acids is 1. The number of nitrogens with zero attached hydrogens (tertiary/aromatic N) is 1. The van der Waals surface area contributed by atoms with Crippen LogP contribution in [0.5, 0.6) is 11.5 Å². The van der Waals surface area contributed by atoms with Crippen molar-refractivity contribution in [2.24, 2.45) is 0 Å². The molecular formula is C28H27NO5. The molecule has 174 valence electrons. The van der Waals surface area contributed by atoms with Crippen molar-refractivity contribution in [1.82, 2.24) is 4.98 Å². The first-order valence-corrected chi connectivity index (χ1v) is 11.1. The van der Waals surface area contributed by atoms with Crippen molar-refractivity contribution in [2.45, 2.75) is 32.8 Å². The third-order valence-corrected chi connectivity index (χ3v) is 5.43. The van der Waals surface area contributed by atoms with Crippen LogP contribution in [0.15, 0.2) is 83.3 Å². The Kier molecular flexibility index (Phi) is 6.68. The number of oxazole rings is 1. The molecule has 34 heavy (non-hydrogen) atoms. The van der Waals surface area contributed by atoms with Crippen LogP contribution < -0.4 is 9.47 Å². The molecule has 1 N–H and O–H groups in total. The molecule has 6 heteroatoms. The molecule has 0 radical (unpaired) electrons. The van der Waals surface area contributed by atoms with E-state index in [0.29, 0.717) is 30.4 Å². The molecule has 0 fully saturated rings. The smallest absolute Gasteiger partial charge is 0.347 e. The number of ether oxygens (including phenoxy) is 2. The van der Waals surface area contributed by atoms with Gasteiger partial charge in [-0.1, -0.05) is 42.5 Å². The van der Waals surface area contributed by atoms with E-state index < -0.39 is 11.6 Å². The van der Waals surface area contributed by atoms with E-state index in [2.05, 4.69) is 24.3 Å². The van der Waals surface area contributed by atoms with Crippen molar-refractivity contribution in [1.29, 1.82) is 0 Å². The van der Waals surface area contributed by atoms with Crippen LogP contribution in [0.4, 0.5) is 0 Å². The van der Waals surface area contributed by atoms with Crippen molar-refractivity contribution in [3.05, 3.63) is 90.3 Å². The van der Waals surface area contributed by atoms with Gasteiger partial charge in [0.25, 0.3) is 0 Å². The average Bonchev–Trinajstić information content (AvgIpc) is 3.21. The molecule has 0 saturated carbocycles. The Hall–Kier alpha value is -4.06. The summed E-state index contributed by atoms with van der Waals surface area (Å²) >= 11 is 0. The molecule has 4 rings (SSSR count). The molecule has 0 aliphatic carbocycles. The van der Waals surface area contributed by atoms with E-state index >= 15 is 0 Å². The van der Waals surface area contributed by atoms with Crippen LogP contribution >= 0.6 is 0 Å². The summed E-state index contributed by atoms with van der Waals surface area (Å²) in [6.07, 6.45) is 0.595. The van der Waals surface area contributed by atoms with Gasteiger partial charge in [-0.2, -0.15) is 0 Å². The molecule has 4 aromatic rings. The maximum absolute atomic E-state index is 11.2. The summed E-state index contributed by atoms with van der Waals surface area (Å²) in [5.74, 6) is 1.46. The van der Waals surface area contributed by atoms with E-state index in [4.69, 9.17) is 18.9 Å². The third-order valence-electron chi connectivity index (χ3n) is 5.43. The Morgan fingerprint density at radius 1 is 0.912 bits per heavy atom. The summed E-state index contributed by atoms with van der Waals surface area (Å²) in [4.78, 5) is 15.9. The van der Waals surface area contributed by atoms with Gasteiger partial charge in [-0.15, -0.1) is 0 Å². The molecular weight excluding hydrogens is 430 g/mol. The first kappa shape index (κ1) is 23.1. The van der Waals surface area contributed by atoms with E-state index in [1.165, 1.54) is 13.8 Å². The minimum atomic E-state index is -1.30. The van der Waals surface area contributed by atoms with Crippen LogP contribution in [-0.2, 0) is 11.2 Å². The third kappa shape index (κ3) is 5.46. The largest absolute Gasteiger partial charge is 0.493 e. The quantitative estimate of drug-likeness (QED) is 0.323. The number of rotatable bonds is 9. The fourth-order valence-corrected chi connectivity index (χ4v) is 3.45. The van der Waals surface area contributed by atoms with Gasteiger partial charge in [-0.25, -0.2) is 9.78 Å². The zero-order chi connectivity index (χ0) is 24.1. The minimum Gasteiger partial charge on any atom is -0.493 e. The van der Waals surface area contributed by atoms with Crippen LogP contribution in [0.2, 0.25) is 0 Å². The highest BCUT2D eigenvalue weighted by Gasteiger charge is 2.29. The van der Waals surface area contributed by atoms with Crippen LogP contribution in [0.3, 0.4) is 0 Å². The van der Waals surface area contributed by atoms with Crippen LogP contribution in [-0.4, -0.2) is 28.3 Å². The van der Waals surface area contributed by atoms with E-state index in [9.17, 15) is 9.90 Å². The molecule has 1 heterocycles. The number of hydrogen-bond acceptors (Lipinski definition) is 5. The topological polar surface area (TPSA) is 81.8 Å². The zero-order valence-corrected chi connectivity index (χ0v) is 19.4. The molecule has 0 amide bonds.